The van der Waals surface area contributed by atoms with Crippen molar-refractivity contribution >= 4 is 12.2 Å². The Labute approximate surface area is 235 Å². The number of ether oxygens (including phenoxy) is 3. The van der Waals surface area contributed by atoms with Crippen molar-refractivity contribution in [2.45, 2.75) is 43.9 Å². The van der Waals surface area contributed by atoms with Crippen LogP contribution >= 0.6 is 0 Å². The Hall–Kier alpha value is -3.52. The summed E-state index contributed by atoms with van der Waals surface area (Å²) in [6, 6.07) is 23.5. The number of hydrogen-bond acceptors (Lipinski definition) is 6. The van der Waals surface area contributed by atoms with E-state index in [4.69, 9.17) is 14.2 Å². The van der Waals surface area contributed by atoms with Gasteiger partial charge in [0.25, 0.3) is 5.91 Å². The maximum absolute atomic E-state index is 13.1. The number of aldehydes is 1. The van der Waals surface area contributed by atoms with Crippen molar-refractivity contribution in [2.75, 3.05) is 39.4 Å². The molecule has 3 fully saturated rings. The van der Waals surface area contributed by atoms with Crippen molar-refractivity contribution in [3.05, 3.63) is 95.1 Å². The fraction of sp³-hybridized carbons (Fsp3) is 0.394. The SMILES string of the molecule is O=Cc1cc(C2CCC3(CC2)OCCO3)ccc1Oc1ccc(C(=O)N2CCN(Cc3ccccc3)CC2)cc1. The molecule has 1 saturated carbocycles. The van der Waals surface area contributed by atoms with Crippen LogP contribution in [-0.4, -0.2) is 67.2 Å². The zero-order chi connectivity index (χ0) is 27.4. The lowest BCUT2D eigenvalue weighted by atomic mass is 9.80. The van der Waals surface area contributed by atoms with Crippen LogP contribution in [0, 0.1) is 0 Å². The van der Waals surface area contributed by atoms with Gasteiger partial charge in [0.15, 0.2) is 12.1 Å². The highest BCUT2D eigenvalue weighted by molar-refractivity contribution is 5.94. The number of nitrogens with zero attached hydrogens (tertiary/aromatic N) is 2. The Morgan fingerprint density at radius 3 is 2.27 bits per heavy atom. The Bertz CT molecular complexity index is 1300. The molecule has 3 aromatic rings. The zero-order valence-electron chi connectivity index (χ0n) is 22.8. The molecular formula is C33H36N2O5. The average Bonchev–Trinajstić information content (AvgIpc) is 3.46. The molecule has 1 aliphatic carbocycles. The van der Waals surface area contributed by atoms with E-state index in [2.05, 4.69) is 35.2 Å². The van der Waals surface area contributed by atoms with Crippen LogP contribution in [0.1, 0.15) is 63.4 Å². The van der Waals surface area contributed by atoms with Crippen molar-refractivity contribution in [3.8, 4) is 11.5 Å². The van der Waals surface area contributed by atoms with E-state index in [1.807, 2.05) is 23.1 Å². The summed E-state index contributed by atoms with van der Waals surface area (Å²) < 4.78 is 17.8. The van der Waals surface area contributed by atoms with Crippen LogP contribution in [0.4, 0.5) is 0 Å². The van der Waals surface area contributed by atoms with Gasteiger partial charge >= 0.3 is 0 Å². The largest absolute Gasteiger partial charge is 0.457 e. The first-order chi connectivity index (χ1) is 19.6. The van der Waals surface area contributed by atoms with E-state index in [0.717, 1.165) is 57.2 Å². The smallest absolute Gasteiger partial charge is 0.253 e. The summed E-state index contributed by atoms with van der Waals surface area (Å²) in [5.41, 5.74) is 3.61. The van der Waals surface area contributed by atoms with Crippen molar-refractivity contribution in [3.63, 3.8) is 0 Å². The van der Waals surface area contributed by atoms with Gasteiger partial charge in [-0.05, 0) is 66.3 Å². The van der Waals surface area contributed by atoms with E-state index in [1.165, 1.54) is 5.56 Å². The number of carbonyl (C=O) groups is 2. The van der Waals surface area contributed by atoms with Crippen LogP contribution < -0.4 is 4.74 Å². The van der Waals surface area contributed by atoms with Crippen molar-refractivity contribution < 1.29 is 23.8 Å². The number of hydrogen-bond donors (Lipinski definition) is 0. The van der Waals surface area contributed by atoms with Gasteiger partial charge in [-0.1, -0.05) is 36.4 Å². The molecule has 0 atom stereocenters. The van der Waals surface area contributed by atoms with Crippen molar-refractivity contribution in [2.24, 2.45) is 0 Å². The molecule has 0 bridgehead atoms. The molecule has 0 aromatic heterocycles. The molecule has 3 aliphatic rings. The maximum atomic E-state index is 13.1. The van der Waals surface area contributed by atoms with Crippen LogP contribution in [0.15, 0.2) is 72.8 Å². The maximum Gasteiger partial charge on any atom is 0.253 e. The standard InChI is InChI=1S/C33H36N2O5/c36-24-29-22-28(26-12-14-33(15-13-26)38-20-21-39-33)8-11-31(29)40-30-9-6-27(7-10-30)32(37)35-18-16-34(17-19-35)23-25-4-2-1-3-5-25/h1-11,22,24,26H,12-21,23H2. The third kappa shape index (κ3) is 5.97. The van der Waals surface area contributed by atoms with Crippen LogP contribution in [0.2, 0.25) is 0 Å². The van der Waals surface area contributed by atoms with E-state index in [-0.39, 0.29) is 5.91 Å². The molecule has 40 heavy (non-hydrogen) atoms. The lowest BCUT2D eigenvalue weighted by Crippen LogP contribution is -2.48. The Morgan fingerprint density at radius 1 is 0.900 bits per heavy atom. The lowest BCUT2D eigenvalue weighted by molar-refractivity contribution is -0.178. The van der Waals surface area contributed by atoms with Gasteiger partial charge in [0.1, 0.15) is 11.5 Å². The molecule has 7 heteroatoms. The van der Waals surface area contributed by atoms with Crippen LogP contribution in [0.3, 0.4) is 0 Å². The number of benzene rings is 3. The van der Waals surface area contributed by atoms with Gasteiger partial charge < -0.3 is 19.1 Å². The summed E-state index contributed by atoms with van der Waals surface area (Å²) in [5.74, 6) is 1.12. The van der Waals surface area contributed by atoms with Crippen molar-refractivity contribution in [1.82, 2.24) is 9.80 Å². The van der Waals surface area contributed by atoms with E-state index < -0.39 is 5.79 Å². The predicted molar refractivity (Wildman–Crippen MR) is 152 cm³/mol. The minimum atomic E-state index is -0.392. The van der Waals surface area contributed by atoms with Crippen LogP contribution in [0.25, 0.3) is 0 Å². The lowest BCUT2D eigenvalue weighted by Gasteiger charge is -2.35. The summed E-state index contributed by atoms with van der Waals surface area (Å²) in [7, 11) is 0. The van der Waals surface area contributed by atoms with E-state index >= 15 is 0 Å². The van der Waals surface area contributed by atoms with Gasteiger partial charge in [-0.25, -0.2) is 0 Å². The van der Waals surface area contributed by atoms with Gasteiger partial charge in [-0.2, -0.15) is 0 Å². The number of amides is 1. The summed E-state index contributed by atoms with van der Waals surface area (Å²) in [6.45, 7) is 5.39. The molecule has 6 rings (SSSR count). The molecule has 0 N–H and O–H groups in total. The molecule has 7 nitrogen and oxygen atoms in total. The molecular weight excluding hydrogens is 504 g/mol. The van der Waals surface area contributed by atoms with Crippen LogP contribution in [-0.2, 0) is 16.0 Å². The fourth-order valence-electron chi connectivity index (χ4n) is 6.11. The highest BCUT2D eigenvalue weighted by atomic mass is 16.7. The molecule has 1 spiro atoms. The third-order valence-electron chi connectivity index (χ3n) is 8.43. The monoisotopic (exact) mass is 540 g/mol. The topological polar surface area (TPSA) is 68.3 Å². The highest BCUT2D eigenvalue weighted by Crippen LogP contribution is 2.43. The summed E-state index contributed by atoms with van der Waals surface area (Å²) in [6.07, 6.45) is 4.54. The summed E-state index contributed by atoms with van der Waals surface area (Å²) in [5, 5.41) is 0. The first kappa shape index (κ1) is 26.7. The van der Waals surface area contributed by atoms with Gasteiger partial charge in [-0.15, -0.1) is 0 Å². The first-order valence-electron chi connectivity index (χ1n) is 14.3. The molecule has 2 aliphatic heterocycles. The van der Waals surface area contributed by atoms with E-state index in [9.17, 15) is 9.59 Å². The highest BCUT2D eigenvalue weighted by Gasteiger charge is 2.40. The van der Waals surface area contributed by atoms with E-state index in [0.29, 0.717) is 54.8 Å². The normalized spacial score (nSPS) is 19.6. The van der Waals surface area contributed by atoms with Gasteiger partial charge in [0.05, 0.1) is 18.8 Å². The average molecular weight is 541 g/mol. The second-order valence-electron chi connectivity index (χ2n) is 11.0. The molecule has 208 valence electrons. The summed E-state index contributed by atoms with van der Waals surface area (Å²) >= 11 is 0. The molecule has 3 aromatic carbocycles. The third-order valence-corrected chi connectivity index (χ3v) is 8.43. The van der Waals surface area contributed by atoms with Gasteiger partial charge in [0, 0.05) is 51.1 Å². The Balaban J connectivity index is 1.03. The second-order valence-corrected chi connectivity index (χ2v) is 11.0. The minimum Gasteiger partial charge on any atom is -0.457 e. The first-order valence-corrected chi connectivity index (χ1v) is 14.3. The van der Waals surface area contributed by atoms with Crippen molar-refractivity contribution in [1.29, 1.82) is 0 Å². The van der Waals surface area contributed by atoms with Gasteiger partial charge in [0.2, 0.25) is 0 Å². The zero-order valence-corrected chi connectivity index (χ0v) is 22.8. The quantitative estimate of drug-likeness (QED) is 0.361. The molecule has 0 radical (unpaired) electrons. The predicted octanol–water partition coefficient (Wildman–Crippen LogP) is 5.65. The number of carbonyl (C=O) groups excluding carboxylic acids is 2. The summed E-state index contributed by atoms with van der Waals surface area (Å²) in [4.78, 5) is 29.3. The fourth-order valence-corrected chi connectivity index (χ4v) is 6.11. The number of rotatable bonds is 7. The molecule has 1 amide bonds. The molecule has 2 heterocycles. The Kier molecular flexibility index (Phi) is 7.96. The molecule has 0 unspecified atom stereocenters. The second kappa shape index (κ2) is 11.9. The van der Waals surface area contributed by atoms with Gasteiger partial charge in [-0.3, -0.25) is 14.5 Å². The van der Waals surface area contributed by atoms with Crippen LogP contribution in [0.5, 0.6) is 11.5 Å². The molecule has 2 saturated heterocycles. The number of piperazine rings is 1. The Morgan fingerprint density at radius 2 is 1.60 bits per heavy atom. The minimum absolute atomic E-state index is 0.0338. The van der Waals surface area contributed by atoms with E-state index in [1.54, 1.807) is 24.3 Å².